The second-order valence-corrected chi connectivity index (χ2v) is 5.64. The highest BCUT2D eigenvalue weighted by atomic mass is 32.2. The van der Waals surface area contributed by atoms with Gasteiger partial charge in [0.15, 0.2) is 4.90 Å². The normalized spacial score (nSPS) is 17.7. The van der Waals surface area contributed by atoms with Crippen LogP contribution in [0.5, 0.6) is 5.75 Å². The minimum atomic E-state index is -2.76. The quantitative estimate of drug-likeness (QED) is 0.763. The van der Waals surface area contributed by atoms with Crippen LogP contribution in [0.25, 0.3) is 0 Å². The fraction of sp³-hybridized carbons (Fsp3) is 0.455. The van der Waals surface area contributed by atoms with Gasteiger partial charge in [0.25, 0.3) is 0 Å². The van der Waals surface area contributed by atoms with E-state index < -0.39 is 6.61 Å². The fourth-order valence-corrected chi connectivity index (χ4v) is 3.46. The van der Waals surface area contributed by atoms with Crippen LogP contribution >= 0.6 is 0 Å². The molecule has 16 heavy (non-hydrogen) atoms. The second-order valence-electron chi connectivity index (χ2n) is 3.37. The Bertz CT molecular complexity index is 341. The van der Waals surface area contributed by atoms with Gasteiger partial charge in [-0.05, 0) is 12.1 Å². The van der Waals surface area contributed by atoms with E-state index in [2.05, 4.69) is 4.74 Å². The molecule has 0 amide bonds. The molecule has 5 heteroatoms. The number of hydrogen-bond donors (Lipinski definition) is 0. The molecule has 0 saturated carbocycles. The first kappa shape index (κ1) is 11.7. The molecule has 0 aliphatic carbocycles. The first-order chi connectivity index (χ1) is 7.75. The number of alkyl halides is 2. The second kappa shape index (κ2) is 5.50. The summed E-state index contributed by atoms with van der Waals surface area (Å²) < 4.78 is 33.8. The minimum absolute atomic E-state index is 0.117. The summed E-state index contributed by atoms with van der Waals surface area (Å²) in [6.45, 7) is -1.25. The van der Waals surface area contributed by atoms with E-state index in [-0.39, 0.29) is 16.6 Å². The standard InChI is InChI=1S/C11H13F2O2S/c12-11(13)15-9-2-1-3-10(8-9)16-6-4-14-5-7-16/h1-3,8,11H,4-7H2/q+1. The molecule has 1 saturated heterocycles. The molecular formula is C11H13F2O2S+. The van der Waals surface area contributed by atoms with Crippen molar-refractivity contribution in [1.82, 2.24) is 0 Å². The van der Waals surface area contributed by atoms with Crippen LogP contribution in [-0.4, -0.2) is 31.3 Å². The van der Waals surface area contributed by atoms with Crippen LogP contribution < -0.4 is 4.74 Å². The van der Waals surface area contributed by atoms with Gasteiger partial charge in [0.1, 0.15) is 17.3 Å². The SMILES string of the molecule is FC(F)Oc1cccc([S+]2CCOCC2)c1. The third-order valence-corrected chi connectivity index (χ3v) is 4.55. The Morgan fingerprint density at radius 3 is 2.69 bits per heavy atom. The lowest BCUT2D eigenvalue weighted by Crippen LogP contribution is -2.26. The third kappa shape index (κ3) is 3.09. The number of rotatable bonds is 3. The van der Waals surface area contributed by atoms with Crippen molar-refractivity contribution in [3.05, 3.63) is 24.3 Å². The molecule has 0 aromatic heterocycles. The van der Waals surface area contributed by atoms with Crippen LogP contribution in [0.2, 0.25) is 0 Å². The zero-order chi connectivity index (χ0) is 11.4. The predicted octanol–water partition coefficient (Wildman–Crippen LogP) is 2.30. The van der Waals surface area contributed by atoms with Gasteiger partial charge in [-0.25, -0.2) is 0 Å². The highest BCUT2D eigenvalue weighted by Crippen LogP contribution is 2.23. The van der Waals surface area contributed by atoms with E-state index in [0.29, 0.717) is 0 Å². The molecule has 0 bridgehead atoms. The molecule has 2 rings (SSSR count). The summed E-state index contributed by atoms with van der Waals surface area (Å²) in [5.74, 6) is 2.18. The van der Waals surface area contributed by atoms with Crippen molar-refractivity contribution in [2.24, 2.45) is 0 Å². The number of halogens is 2. The van der Waals surface area contributed by atoms with Gasteiger partial charge < -0.3 is 9.47 Å². The van der Waals surface area contributed by atoms with E-state index in [9.17, 15) is 8.78 Å². The molecule has 0 N–H and O–H groups in total. The fourth-order valence-electron chi connectivity index (χ4n) is 1.59. The lowest BCUT2D eigenvalue weighted by atomic mass is 10.3. The maximum absolute atomic E-state index is 12.1. The Balaban J connectivity index is 2.08. The molecule has 1 fully saturated rings. The van der Waals surface area contributed by atoms with Gasteiger partial charge in [0.05, 0.1) is 13.2 Å². The van der Waals surface area contributed by atoms with Crippen LogP contribution in [0.1, 0.15) is 0 Å². The summed E-state index contributed by atoms with van der Waals surface area (Å²) in [6.07, 6.45) is 0. The Labute approximate surface area is 95.9 Å². The van der Waals surface area contributed by atoms with E-state index in [4.69, 9.17) is 4.74 Å². The van der Waals surface area contributed by atoms with Crippen molar-refractivity contribution in [2.75, 3.05) is 24.7 Å². The molecule has 1 aliphatic rings. The first-order valence-corrected chi connectivity index (χ1v) is 6.62. The van der Waals surface area contributed by atoms with Crippen LogP contribution in [0.3, 0.4) is 0 Å². The van der Waals surface area contributed by atoms with Crippen LogP contribution in [-0.2, 0) is 15.6 Å². The lowest BCUT2D eigenvalue weighted by Gasteiger charge is -2.14. The molecule has 1 heterocycles. The molecule has 1 aromatic rings. The number of ether oxygens (including phenoxy) is 2. The van der Waals surface area contributed by atoms with Gasteiger partial charge in [-0.15, -0.1) is 0 Å². The molecule has 2 nitrogen and oxygen atoms in total. The number of benzene rings is 1. The van der Waals surface area contributed by atoms with E-state index in [1.54, 1.807) is 18.2 Å². The summed E-state index contributed by atoms with van der Waals surface area (Å²) >= 11 is 0. The monoisotopic (exact) mass is 247 g/mol. The Kier molecular flexibility index (Phi) is 4.01. The van der Waals surface area contributed by atoms with Crippen molar-refractivity contribution in [2.45, 2.75) is 11.5 Å². The van der Waals surface area contributed by atoms with Crippen molar-refractivity contribution >= 4 is 10.9 Å². The van der Waals surface area contributed by atoms with E-state index >= 15 is 0 Å². The van der Waals surface area contributed by atoms with Crippen LogP contribution in [0, 0.1) is 0 Å². The molecule has 0 unspecified atom stereocenters. The van der Waals surface area contributed by atoms with Gasteiger partial charge in [-0.2, -0.15) is 8.78 Å². The Morgan fingerprint density at radius 1 is 1.25 bits per heavy atom. The summed E-state index contributed by atoms with van der Waals surface area (Å²) in [6, 6.07) is 6.99. The summed E-state index contributed by atoms with van der Waals surface area (Å²) in [5.41, 5.74) is 0. The Hall–Kier alpha value is -0.810. The molecule has 1 aromatic carbocycles. The molecule has 0 atom stereocenters. The topological polar surface area (TPSA) is 18.5 Å². The lowest BCUT2D eigenvalue weighted by molar-refractivity contribution is -0.0499. The predicted molar refractivity (Wildman–Crippen MR) is 59.3 cm³/mol. The van der Waals surface area contributed by atoms with Gasteiger partial charge in [0, 0.05) is 17.0 Å². The molecule has 88 valence electrons. The van der Waals surface area contributed by atoms with E-state index in [1.807, 2.05) is 6.07 Å². The van der Waals surface area contributed by atoms with Crippen molar-refractivity contribution in [1.29, 1.82) is 0 Å². The minimum Gasteiger partial charge on any atom is -0.435 e. The number of hydrogen-bond acceptors (Lipinski definition) is 2. The van der Waals surface area contributed by atoms with Crippen LogP contribution in [0.4, 0.5) is 8.78 Å². The molecular weight excluding hydrogens is 234 g/mol. The summed E-state index contributed by atoms with van der Waals surface area (Å²) in [5, 5.41) is 0. The van der Waals surface area contributed by atoms with Crippen molar-refractivity contribution in [3.8, 4) is 5.75 Å². The van der Waals surface area contributed by atoms with Gasteiger partial charge in [0.2, 0.25) is 0 Å². The Morgan fingerprint density at radius 2 is 2.00 bits per heavy atom. The van der Waals surface area contributed by atoms with Crippen molar-refractivity contribution < 1.29 is 18.3 Å². The molecule has 1 aliphatic heterocycles. The smallest absolute Gasteiger partial charge is 0.387 e. The van der Waals surface area contributed by atoms with E-state index in [0.717, 1.165) is 29.6 Å². The average molecular weight is 247 g/mol. The summed E-state index contributed by atoms with van der Waals surface area (Å²) in [7, 11) is 0.117. The highest BCUT2D eigenvalue weighted by Gasteiger charge is 2.25. The average Bonchev–Trinajstić information content (AvgIpc) is 2.30. The largest absolute Gasteiger partial charge is 0.435 e. The first-order valence-electron chi connectivity index (χ1n) is 5.06. The maximum atomic E-state index is 12.1. The maximum Gasteiger partial charge on any atom is 0.387 e. The van der Waals surface area contributed by atoms with E-state index in [1.165, 1.54) is 0 Å². The van der Waals surface area contributed by atoms with Crippen molar-refractivity contribution in [3.63, 3.8) is 0 Å². The van der Waals surface area contributed by atoms with Crippen LogP contribution in [0.15, 0.2) is 29.2 Å². The zero-order valence-electron chi connectivity index (χ0n) is 8.70. The van der Waals surface area contributed by atoms with Gasteiger partial charge in [-0.1, -0.05) is 6.07 Å². The summed E-state index contributed by atoms with van der Waals surface area (Å²) in [4.78, 5) is 1.08. The highest BCUT2D eigenvalue weighted by molar-refractivity contribution is 7.97. The third-order valence-electron chi connectivity index (χ3n) is 2.31. The molecule has 0 spiro atoms. The van der Waals surface area contributed by atoms with Gasteiger partial charge in [-0.3, -0.25) is 0 Å². The van der Waals surface area contributed by atoms with Gasteiger partial charge >= 0.3 is 6.61 Å². The zero-order valence-corrected chi connectivity index (χ0v) is 9.51. The molecule has 0 radical (unpaired) electrons.